The molecule has 0 heterocycles. The fraction of sp³-hybridized carbons (Fsp3) is 0.250. The van der Waals surface area contributed by atoms with Gasteiger partial charge >= 0.3 is 0 Å². The normalized spacial score (nSPS) is 25.5. The second kappa shape index (κ2) is 1.35. The lowest BCUT2D eigenvalue weighted by Gasteiger charge is -1.98. The number of rotatable bonds is 1. The molecule has 0 aromatic rings. The molecular formula is C8H8. The van der Waals surface area contributed by atoms with Crippen molar-refractivity contribution in [2.24, 2.45) is 11.8 Å². The summed E-state index contributed by atoms with van der Waals surface area (Å²) in [7, 11) is 0. The molecule has 0 aromatic carbocycles. The number of hydrogen-bond donors (Lipinski definition) is 0. The summed E-state index contributed by atoms with van der Waals surface area (Å²) in [6.07, 6.45) is 13.2. The molecule has 0 bridgehead atoms. The van der Waals surface area contributed by atoms with Crippen LogP contribution in [0.25, 0.3) is 0 Å². The predicted molar refractivity (Wildman–Crippen MR) is 34.4 cm³/mol. The van der Waals surface area contributed by atoms with Crippen molar-refractivity contribution in [2.75, 3.05) is 0 Å². The third-order valence-corrected chi connectivity index (χ3v) is 1.64. The Balaban J connectivity index is 2.07. The fourth-order valence-corrected chi connectivity index (χ4v) is 1.03. The van der Waals surface area contributed by atoms with Crippen molar-refractivity contribution in [1.29, 1.82) is 0 Å². The van der Waals surface area contributed by atoms with Crippen LogP contribution in [0.15, 0.2) is 36.5 Å². The van der Waals surface area contributed by atoms with E-state index in [1.807, 2.05) is 0 Å². The summed E-state index contributed by atoms with van der Waals surface area (Å²) in [5.41, 5.74) is 0. The van der Waals surface area contributed by atoms with Crippen molar-refractivity contribution in [3.63, 3.8) is 0 Å². The highest BCUT2D eigenvalue weighted by molar-refractivity contribution is 5.28. The van der Waals surface area contributed by atoms with Crippen molar-refractivity contribution in [1.82, 2.24) is 0 Å². The molecule has 0 spiro atoms. The summed E-state index contributed by atoms with van der Waals surface area (Å²) >= 11 is 0. The monoisotopic (exact) mass is 104 g/mol. The van der Waals surface area contributed by atoms with Crippen molar-refractivity contribution < 1.29 is 0 Å². The van der Waals surface area contributed by atoms with Crippen molar-refractivity contribution >= 4 is 0 Å². The maximum Gasteiger partial charge on any atom is 0.00503 e. The van der Waals surface area contributed by atoms with E-state index in [-0.39, 0.29) is 0 Å². The largest absolute Gasteiger partial charge is 0.0801 e. The van der Waals surface area contributed by atoms with E-state index in [1.54, 1.807) is 0 Å². The smallest absolute Gasteiger partial charge is 0.00503 e. The Hall–Kier alpha value is -0.780. The Morgan fingerprint density at radius 2 is 1.12 bits per heavy atom. The summed E-state index contributed by atoms with van der Waals surface area (Å²) in [4.78, 5) is 0. The van der Waals surface area contributed by atoms with Gasteiger partial charge in [0.1, 0.15) is 0 Å². The Bertz CT molecular complexity index is 154. The zero-order valence-electron chi connectivity index (χ0n) is 4.62. The molecule has 0 unspecified atom stereocenters. The van der Waals surface area contributed by atoms with Crippen LogP contribution in [0, 0.1) is 11.8 Å². The van der Waals surface area contributed by atoms with Gasteiger partial charge < -0.3 is 0 Å². The zero-order valence-corrected chi connectivity index (χ0v) is 4.62. The van der Waals surface area contributed by atoms with Gasteiger partial charge in [-0.05, 0) is 0 Å². The van der Waals surface area contributed by atoms with Gasteiger partial charge in [0.05, 0.1) is 0 Å². The maximum atomic E-state index is 2.24. The SMILES string of the molecule is C1=CC(C2C=C2)C=C1. The number of hydrogen-bond acceptors (Lipinski definition) is 0. The van der Waals surface area contributed by atoms with Crippen LogP contribution in [0.4, 0.5) is 0 Å². The Morgan fingerprint density at radius 1 is 0.625 bits per heavy atom. The van der Waals surface area contributed by atoms with E-state index in [2.05, 4.69) is 36.5 Å². The standard InChI is InChI=1S/C8H8/c1-2-4-7(3-1)8-5-6-8/h1-8H. The van der Waals surface area contributed by atoms with E-state index in [0.29, 0.717) is 5.92 Å². The first-order valence-electron chi connectivity index (χ1n) is 3.00. The molecule has 0 atom stereocenters. The van der Waals surface area contributed by atoms with E-state index in [1.165, 1.54) is 0 Å². The Labute approximate surface area is 49.2 Å². The molecule has 2 rings (SSSR count). The van der Waals surface area contributed by atoms with Crippen LogP contribution in [0.5, 0.6) is 0 Å². The van der Waals surface area contributed by atoms with Gasteiger partial charge in [-0.3, -0.25) is 0 Å². The first kappa shape index (κ1) is 4.13. The van der Waals surface area contributed by atoms with Crippen LogP contribution in [-0.2, 0) is 0 Å². The van der Waals surface area contributed by atoms with E-state index in [4.69, 9.17) is 0 Å². The molecule has 8 heavy (non-hydrogen) atoms. The van der Waals surface area contributed by atoms with Gasteiger partial charge in [-0.1, -0.05) is 36.5 Å². The first-order chi connectivity index (χ1) is 3.97. The third kappa shape index (κ3) is 0.532. The summed E-state index contributed by atoms with van der Waals surface area (Å²) in [6.45, 7) is 0. The molecule has 0 amide bonds. The molecule has 0 N–H and O–H groups in total. The molecule has 2 aliphatic carbocycles. The van der Waals surface area contributed by atoms with E-state index in [9.17, 15) is 0 Å². The molecule has 0 aliphatic heterocycles. The average Bonchev–Trinajstić information content (AvgIpc) is 2.49. The summed E-state index contributed by atoms with van der Waals surface area (Å²) in [6, 6.07) is 0. The second-order valence-electron chi connectivity index (χ2n) is 2.31. The minimum Gasteiger partial charge on any atom is -0.0801 e. The van der Waals surface area contributed by atoms with E-state index >= 15 is 0 Å². The quantitative estimate of drug-likeness (QED) is 0.446. The second-order valence-corrected chi connectivity index (χ2v) is 2.31. The van der Waals surface area contributed by atoms with Gasteiger partial charge in [0.2, 0.25) is 0 Å². The molecule has 0 radical (unpaired) electrons. The lowest BCUT2D eigenvalue weighted by Crippen LogP contribution is -1.90. The minimum absolute atomic E-state index is 0.704. The molecule has 40 valence electrons. The van der Waals surface area contributed by atoms with Gasteiger partial charge in [-0.25, -0.2) is 0 Å². The van der Waals surface area contributed by atoms with E-state index < -0.39 is 0 Å². The van der Waals surface area contributed by atoms with E-state index in [0.717, 1.165) is 5.92 Å². The third-order valence-electron chi connectivity index (χ3n) is 1.64. The van der Waals surface area contributed by atoms with Crippen LogP contribution in [0.3, 0.4) is 0 Å². The Kier molecular flexibility index (Phi) is 0.696. The van der Waals surface area contributed by atoms with Crippen molar-refractivity contribution in [2.45, 2.75) is 0 Å². The van der Waals surface area contributed by atoms with Gasteiger partial charge in [-0.2, -0.15) is 0 Å². The molecule has 0 saturated heterocycles. The average molecular weight is 104 g/mol. The Morgan fingerprint density at radius 3 is 1.62 bits per heavy atom. The van der Waals surface area contributed by atoms with Gasteiger partial charge in [0, 0.05) is 11.8 Å². The van der Waals surface area contributed by atoms with Crippen LogP contribution >= 0.6 is 0 Å². The fourth-order valence-electron chi connectivity index (χ4n) is 1.03. The highest BCUT2D eigenvalue weighted by Crippen LogP contribution is 2.30. The predicted octanol–water partition coefficient (Wildman–Crippen LogP) is 1.91. The zero-order chi connectivity index (χ0) is 5.40. The topological polar surface area (TPSA) is 0 Å². The highest BCUT2D eigenvalue weighted by Gasteiger charge is 2.19. The maximum absolute atomic E-state index is 2.24. The van der Waals surface area contributed by atoms with Crippen LogP contribution in [-0.4, -0.2) is 0 Å². The molecular weight excluding hydrogens is 96.1 g/mol. The van der Waals surface area contributed by atoms with Gasteiger partial charge in [0.25, 0.3) is 0 Å². The van der Waals surface area contributed by atoms with Crippen LogP contribution in [0.2, 0.25) is 0 Å². The van der Waals surface area contributed by atoms with Gasteiger partial charge in [0.15, 0.2) is 0 Å². The van der Waals surface area contributed by atoms with Crippen LogP contribution < -0.4 is 0 Å². The summed E-state index contributed by atoms with van der Waals surface area (Å²) < 4.78 is 0. The highest BCUT2D eigenvalue weighted by atomic mass is 14.2. The number of allylic oxidation sites excluding steroid dienone is 6. The van der Waals surface area contributed by atoms with Crippen molar-refractivity contribution in [3.8, 4) is 0 Å². The summed E-state index contributed by atoms with van der Waals surface area (Å²) in [5.74, 6) is 1.47. The van der Waals surface area contributed by atoms with Crippen LogP contribution in [0.1, 0.15) is 0 Å². The van der Waals surface area contributed by atoms with Crippen molar-refractivity contribution in [3.05, 3.63) is 36.5 Å². The molecule has 0 aromatic heterocycles. The molecule has 0 heteroatoms. The lowest BCUT2D eigenvalue weighted by molar-refractivity contribution is 0.759. The molecule has 0 saturated carbocycles. The minimum atomic E-state index is 0.704. The molecule has 0 fully saturated rings. The van der Waals surface area contributed by atoms with Gasteiger partial charge in [-0.15, -0.1) is 0 Å². The molecule has 2 aliphatic rings. The first-order valence-corrected chi connectivity index (χ1v) is 3.00. The molecule has 0 nitrogen and oxygen atoms in total. The summed E-state index contributed by atoms with van der Waals surface area (Å²) in [5, 5.41) is 0. The lowest BCUT2D eigenvalue weighted by atomic mass is 10.1.